The maximum Gasteiger partial charge on any atom is 0.162 e. The highest BCUT2D eigenvalue weighted by atomic mass is 35.5. The molecule has 5 nitrogen and oxygen atoms in total. The van der Waals surface area contributed by atoms with Crippen LogP contribution in [0.5, 0.6) is 0 Å². The number of benzene rings is 1. The minimum atomic E-state index is -0.876. The molecule has 0 amide bonds. The molecule has 0 atom stereocenters. The van der Waals surface area contributed by atoms with Gasteiger partial charge in [-0.05, 0) is 113 Å². The minimum Gasteiger partial charge on any atom is -0.400 e. The fourth-order valence-corrected chi connectivity index (χ4v) is 6.95. The number of allylic oxidation sites excluding steroid dienone is 9. The Morgan fingerprint density at radius 3 is 2.26 bits per heavy atom. The van der Waals surface area contributed by atoms with Gasteiger partial charge in [-0.1, -0.05) is 81.3 Å². The Morgan fingerprint density at radius 1 is 1.00 bits per heavy atom. The predicted molar refractivity (Wildman–Crippen MR) is 205 cm³/mol. The van der Waals surface area contributed by atoms with Crippen molar-refractivity contribution in [3.05, 3.63) is 130 Å². The van der Waals surface area contributed by atoms with Crippen molar-refractivity contribution in [1.29, 1.82) is 0 Å². The van der Waals surface area contributed by atoms with Crippen molar-refractivity contribution in [2.24, 2.45) is 5.73 Å². The van der Waals surface area contributed by atoms with Gasteiger partial charge in [0.15, 0.2) is 11.6 Å². The van der Waals surface area contributed by atoms with E-state index in [9.17, 15) is 4.39 Å². The minimum absolute atomic E-state index is 0.00334. The summed E-state index contributed by atoms with van der Waals surface area (Å²) in [6.07, 6.45) is 17.9. The van der Waals surface area contributed by atoms with Crippen molar-refractivity contribution in [2.75, 3.05) is 26.3 Å². The highest BCUT2D eigenvalue weighted by Gasteiger charge is 2.37. The van der Waals surface area contributed by atoms with Crippen LogP contribution < -0.4 is 21.9 Å². The zero-order valence-electron chi connectivity index (χ0n) is 30.3. The Morgan fingerprint density at radius 2 is 1.64 bits per heavy atom. The molecule has 1 aliphatic heterocycles. The molecule has 5 N–H and O–H groups in total. The predicted octanol–water partition coefficient (Wildman–Crippen LogP) is 9.63. The van der Waals surface area contributed by atoms with Crippen LogP contribution >= 0.6 is 11.6 Å². The number of nitrogens with zero attached hydrogens (tertiary/aromatic N) is 1. The van der Waals surface area contributed by atoms with E-state index >= 15 is 8.78 Å². The topological polar surface area (TPSA) is 65.3 Å². The molecule has 9 heteroatoms. The van der Waals surface area contributed by atoms with E-state index in [1.165, 1.54) is 19.3 Å². The Labute approximate surface area is 303 Å². The lowest BCUT2D eigenvalue weighted by molar-refractivity contribution is 0.226. The molecule has 0 radical (unpaired) electrons. The van der Waals surface area contributed by atoms with Gasteiger partial charge in [-0.3, -0.25) is 0 Å². The van der Waals surface area contributed by atoms with Gasteiger partial charge >= 0.3 is 0 Å². The number of aryl methyl sites for hydroxylation is 1. The van der Waals surface area contributed by atoms with Crippen LogP contribution in [0.25, 0.3) is 0 Å². The largest absolute Gasteiger partial charge is 0.400 e. The number of hydrogen-bond acceptors (Lipinski definition) is 5. The average molecular weight is 712 g/mol. The molecular weight excluding hydrogens is 655 g/mol. The SMILES string of the molecule is C=CNNC1(/C(N)=C(\Cc2ccc(CCCN3CCCCC3)c(F)c2F)C(=C)NC(/C=C\C)=C(/C=C(\C)Cl)C(=C)/C=C(\C)CF)CCCCC1. The van der Waals surface area contributed by atoms with Gasteiger partial charge in [-0.15, -0.1) is 0 Å². The van der Waals surface area contributed by atoms with Crippen LogP contribution in [0.15, 0.2) is 107 Å². The number of hydrazine groups is 1. The summed E-state index contributed by atoms with van der Waals surface area (Å²) in [4.78, 5) is 2.40. The number of halogens is 4. The van der Waals surface area contributed by atoms with E-state index in [0.29, 0.717) is 56.4 Å². The molecule has 1 saturated heterocycles. The second-order valence-corrected chi connectivity index (χ2v) is 14.1. The second-order valence-electron chi connectivity index (χ2n) is 13.5. The number of alkyl halides is 1. The molecule has 0 unspecified atom stereocenters. The molecule has 0 aromatic heterocycles. The van der Waals surface area contributed by atoms with Crippen molar-refractivity contribution < 1.29 is 13.2 Å². The van der Waals surface area contributed by atoms with Gasteiger partial charge in [-0.2, -0.15) is 0 Å². The van der Waals surface area contributed by atoms with Gasteiger partial charge in [0.25, 0.3) is 0 Å². The molecule has 2 fully saturated rings. The van der Waals surface area contributed by atoms with Gasteiger partial charge in [0.2, 0.25) is 0 Å². The fraction of sp³-hybridized carbons (Fsp3) is 0.463. The number of nitrogens with two attached hydrogens (primary N) is 1. The maximum atomic E-state index is 16.0. The second kappa shape index (κ2) is 20.4. The number of nitrogens with one attached hydrogen (secondary N) is 3. The molecule has 2 aliphatic rings. The van der Waals surface area contributed by atoms with Crippen LogP contribution in [0.2, 0.25) is 0 Å². The van der Waals surface area contributed by atoms with E-state index in [4.69, 9.17) is 17.3 Å². The summed E-state index contributed by atoms with van der Waals surface area (Å²) in [5.41, 5.74) is 17.0. The Balaban J connectivity index is 2.08. The molecule has 0 bridgehead atoms. The van der Waals surface area contributed by atoms with Gasteiger partial charge in [0, 0.05) is 45.9 Å². The molecule has 1 aliphatic carbocycles. The summed E-state index contributed by atoms with van der Waals surface area (Å²) in [5.74, 6) is -1.69. The normalized spacial score (nSPS) is 18.4. The Hall–Kier alpha value is -3.46. The number of hydrogen-bond donors (Lipinski definition) is 4. The molecule has 274 valence electrons. The van der Waals surface area contributed by atoms with Crippen LogP contribution in [-0.2, 0) is 12.8 Å². The summed E-state index contributed by atoms with van der Waals surface area (Å²) in [7, 11) is 0. The third kappa shape index (κ3) is 11.5. The van der Waals surface area contributed by atoms with Gasteiger partial charge < -0.3 is 21.4 Å². The molecule has 1 heterocycles. The zero-order chi connectivity index (χ0) is 36.7. The lowest BCUT2D eigenvalue weighted by Crippen LogP contribution is -2.55. The van der Waals surface area contributed by atoms with E-state index in [0.717, 1.165) is 58.2 Å². The molecule has 3 rings (SSSR count). The summed E-state index contributed by atoms with van der Waals surface area (Å²) in [6.45, 7) is 20.0. The van der Waals surface area contributed by atoms with E-state index < -0.39 is 23.8 Å². The first-order valence-corrected chi connectivity index (χ1v) is 18.2. The summed E-state index contributed by atoms with van der Waals surface area (Å²) in [6, 6.07) is 3.36. The molecular formula is C41H57ClF3N5. The lowest BCUT2D eigenvalue weighted by atomic mass is 9.77. The fourth-order valence-electron chi connectivity index (χ4n) is 6.84. The summed E-state index contributed by atoms with van der Waals surface area (Å²) in [5, 5.41) is 3.89. The van der Waals surface area contributed by atoms with Crippen molar-refractivity contribution in [2.45, 2.75) is 96.9 Å². The lowest BCUT2D eigenvalue weighted by Gasteiger charge is -2.40. The summed E-state index contributed by atoms with van der Waals surface area (Å²) < 4.78 is 45.1. The van der Waals surface area contributed by atoms with E-state index in [1.54, 1.807) is 44.3 Å². The number of rotatable bonds is 18. The average Bonchev–Trinajstić information content (AvgIpc) is 3.11. The van der Waals surface area contributed by atoms with E-state index in [2.05, 4.69) is 40.8 Å². The maximum absolute atomic E-state index is 16.0. The summed E-state index contributed by atoms with van der Waals surface area (Å²) >= 11 is 6.36. The molecule has 0 spiro atoms. The first kappa shape index (κ1) is 41.0. The smallest absolute Gasteiger partial charge is 0.162 e. The van der Waals surface area contributed by atoms with E-state index in [-0.39, 0.29) is 12.0 Å². The number of likely N-dealkylation sites (tertiary alicyclic amines) is 1. The standard InChI is InChI=1S/C41H57ClF3N5/c1-7-16-37(35(26-31(5)42)30(4)25-29(3)28-43)48-32(6)36(40(46)41(49-47-8-2)20-11-9-12-21-41)27-34-19-18-33(38(44)39(34)45)17-15-24-50-22-13-10-14-23-50/h7-8,16,18-19,25-26,47-49H,2,4,6,9-15,17,20-24,27-28,46H2,1,3,5H3/b16-7-,29-25+,31-26+,37-35-,40-36-. The molecule has 1 saturated carbocycles. The Kier molecular flexibility index (Phi) is 16.7. The van der Waals surface area contributed by atoms with Crippen molar-refractivity contribution >= 4 is 11.6 Å². The van der Waals surface area contributed by atoms with Crippen molar-refractivity contribution in [3.8, 4) is 0 Å². The molecule has 50 heavy (non-hydrogen) atoms. The van der Waals surface area contributed by atoms with Crippen LogP contribution in [0.1, 0.15) is 89.7 Å². The highest BCUT2D eigenvalue weighted by Crippen LogP contribution is 2.36. The van der Waals surface area contributed by atoms with Gasteiger partial charge in [0.05, 0.1) is 5.54 Å². The van der Waals surface area contributed by atoms with Crippen LogP contribution in [0.3, 0.4) is 0 Å². The van der Waals surface area contributed by atoms with Crippen LogP contribution in [0, 0.1) is 11.6 Å². The first-order chi connectivity index (χ1) is 24.0. The molecule has 1 aromatic carbocycles. The van der Waals surface area contributed by atoms with E-state index in [1.807, 2.05) is 19.1 Å². The van der Waals surface area contributed by atoms with Gasteiger partial charge in [-0.25, -0.2) is 18.6 Å². The van der Waals surface area contributed by atoms with Crippen molar-refractivity contribution in [3.63, 3.8) is 0 Å². The quantitative estimate of drug-likeness (QED) is 0.0903. The Bertz CT molecular complexity index is 1500. The van der Waals surface area contributed by atoms with Crippen molar-refractivity contribution in [1.82, 2.24) is 21.1 Å². The number of piperidine rings is 1. The highest BCUT2D eigenvalue weighted by molar-refractivity contribution is 6.29. The van der Waals surface area contributed by atoms with Crippen LogP contribution in [-0.4, -0.2) is 36.7 Å². The first-order valence-electron chi connectivity index (χ1n) is 17.9. The zero-order valence-corrected chi connectivity index (χ0v) is 31.1. The third-order valence-electron chi connectivity index (χ3n) is 9.53. The monoisotopic (exact) mass is 711 g/mol. The third-order valence-corrected chi connectivity index (χ3v) is 9.64. The van der Waals surface area contributed by atoms with Crippen LogP contribution in [0.4, 0.5) is 13.2 Å². The molecule has 1 aromatic rings. The van der Waals surface area contributed by atoms with Gasteiger partial charge in [0.1, 0.15) is 6.67 Å².